The van der Waals surface area contributed by atoms with Gasteiger partial charge in [-0.25, -0.2) is 0 Å². The second-order valence-electron chi connectivity index (χ2n) is 5.29. The van der Waals surface area contributed by atoms with Crippen LogP contribution in [0, 0.1) is 5.41 Å². The molecule has 1 N–H and O–H groups in total. The Hall–Kier alpha value is -0.780. The van der Waals surface area contributed by atoms with Crippen LogP contribution < -0.4 is 5.32 Å². The standard InChI is InChI=1S/C11H19F3N2O/c1-10(2)5-4-6-15-8(10)9(17)16(3)7-11(12,13)14/h8,15H,4-7H2,1-3H3. The molecule has 0 bridgehead atoms. The van der Waals surface area contributed by atoms with Crippen molar-refractivity contribution in [2.75, 3.05) is 20.1 Å². The third kappa shape index (κ3) is 3.87. The van der Waals surface area contributed by atoms with Gasteiger partial charge in [0.25, 0.3) is 0 Å². The summed E-state index contributed by atoms with van der Waals surface area (Å²) in [4.78, 5) is 12.7. The zero-order chi connectivity index (χ0) is 13.3. The number of carbonyl (C=O) groups excluding carboxylic acids is 1. The van der Waals surface area contributed by atoms with Crippen molar-refractivity contribution in [2.45, 2.75) is 38.9 Å². The van der Waals surface area contributed by atoms with Gasteiger partial charge in [-0.05, 0) is 24.8 Å². The molecule has 0 aromatic carbocycles. The Bertz CT molecular complexity index is 289. The molecule has 1 aliphatic rings. The predicted octanol–water partition coefficient (Wildman–Crippen LogP) is 1.79. The second-order valence-corrected chi connectivity index (χ2v) is 5.29. The maximum absolute atomic E-state index is 12.2. The van der Waals surface area contributed by atoms with Crippen molar-refractivity contribution < 1.29 is 18.0 Å². The predicted molar refractivity (Wildman–Crippen MR) is 58.5 cm³/mol. The van der Waals surface area contributed by atoms with E-state index in [2.05, 4.69) is 5.32 Å². The van der Waals surface area contributed by atoms with Crippen LogP contribution in [0.5, 0.6) is 0 Å². The molecule has 1 saturated heterocycles. The minimum atomic E-state index is -4.34. The molecule has 100 valence electrons. The lowest BCUT2D eigenvalue weighted by atomic mass is 9.77. The summed E-state index contributed by atoms with van der Waals surface area (Å²) < 4.78 is 36.6. The van der Waals surface area contributed by atoms with Gasteiger partial charge in [0.15, 0.2) is 0 Å². The number of rotatable bonds is 2. The fraction of sp³-hybridized carbons (Fsp3) is 0.909. The van der Waals surface area contributed by atoms with E-state index in [0.717, 1.165) is 17.7 Å². The van der Waals surface area contributed by atoms with Crippen molar-refractivity contribution in [3.8, 4) is 0 Å². The third-order valence-electron chi connectivity index (χ3n) is 3.17. The third-order valence-corrected chi connectivity index (χ3v) is 3.17. The van der Waals surface area contributed by atoms with E-state index in [1.165, 1.54) is 7.05 Å². The Balaban J connectivity index is 2.68. The number of nitrogens with zero attached hydrogens (tertiary/aromatic N) is 1. The molecule has 0 aromatic rings. The Morgan fingerprint density at radius 1 is 1.47 bits per heavy atom. The molecule has 0 aromatic heterocycles. The van der Waals surface area contributed by atoms with E-state index in [1.54, 1.807) is 0 Å². The number of hydrogen-bond donors (Lipinski definition) is 1. The molecule has 1 unspecified atom stereocenters. The Labute approximate surface area is 99.4 Å². The molecule has 17 heavy (non-hydrogen) atoms. The Morgan fingerprint density at radius 3 is 2.53 bits per heavy atom. The molecule has 1 heterocycles. The van der Waals surface area contributed by atoms with E-state index >= 15 is 0 Å². The van der Waals surface area contributed by atoms with Crippen molar-refractivity contribution in [1.82, 2.24) is 10.2 Å². The van der Waals surface area contributed by atoms with E-state index in [9.17, 15) is 18.0 Å². The van der Waals surface area contributed by atoms with E-state index in [-0.39, 0.29) is 5.41 Å². The first kappa shape index (κ1) is 14.3. The zero-order valence-electron chi connectivity index (χ0n) is 10.4. The van der Waals surface area contributed by atoms with Crippen LogP contribution in [0.25, 0.3) is 0 Å². The number of carbonyl (C=O) groups is 1. The molecule has 6 heteroatoms. The van der Waals surface area contributed by atoms with E-state index < -0.39 is 24.7 Å². The van der Waals surface area contributed by atoms with Gasteiger partial charge in [0.05, 0.1) is 6.04 Å². The number of likely N-dealkylation sites (N-methyl/N-ethyl adjacent to an activating group) is 1. The highest BCUT2D eigenvalue weighted by atomic mass is 19.4. The second kappa shape index (κ2) is 4.84. The van der Waals surface area contributed by atoms with Crippen LogP contribution in [0.1, 0.15) is 26.7 Å². The summed E-state index contributed by atoms with van der Waals surface area (Å²) in [6.45, 7) is 3.30. The minimum absolute atomic E-state index is 0.296. The van der Waals surface area contributed by atoms with E-state index in [4.69, 9.17) is 0 Å². The summed E-state index contributed by atoms with van der Waals surface area (Å²) >= 11 is 0. The summed E-state index contributed by atoms with van der Waals surface area (Å²) in [6, 6.07) is -0.524. The molecule has 1 atom stereocenters. The topological polar surface area (TPSA) is 32.3 Å². The smallest absolute Gasteiger partial charge is 0.335 e. The molecule has 1 amide bonds. The molecular formula is C11H19F3N2O. The quantitative estimate of drug-likeness (QED) is 0.812. The van der Waals surface area contributed by atoms with Gasteiger partial charge >= 0.3 is 6.18 Å². The number of alkyl halides is 3. The van der Waals surface area contributed by atoms with E-state index in [0.29, 0.717) is 6.54 Å². The van der Waals surface area contributed by atoms with Crippen LogP contribution in [-0.4, -0.2) is 43.2 Å². The van der Waals surface area contributed by atoms with Crippen molar-refractivity contribution >= 4 is 5.91 Å². The number of hydrogen-bond acceptors (Lipinski definition) is 2. The maximum atomic E-state index is 12.2. The van der Waals surface area contributed by atoms with Gasteiger partial charge in [0, 0.05) is 7.05 Å². The first-order chi connectivity index (χ1) is 7.63. The first-order valence-corrected chi connectivity index (χ1v) is 5.68. The average Bonchev–Trinajstić information content (AvgIpc) is 2.13. The molecule has 0 saturated carbocycles. The summed E-state index contributed by atoms with van der Waals surface area (Å²) in [5.74, 6) is -0.480. The molecule has 1 aliphatic heterocycles. The van der Waals surface area contributed by atoms with Crippen LogP contribution in [0.15, 0.2) is 0 Å². The van der Waals surface area contributed by atoms with Crippen LogP contribution in [-0.2, 0) is 4.79 Å². The van der Waals surface area contributed by atoms with E-state index in [1.807, 2.05) is 13.8 Å². The van der Waals surface area contributed by atoms with Gasteiger partial charge in [-0.15, -0.1) is 0 Å². The molecule has 0 spiro atoms. The number of halogens is 3. The highest BCUT2D eigenvalue weighted by Crippen LogP contribution is 2.31. The van der Waals surface area contributed by atoms with Gasteiger partial charge < -0.3 is 10.2 Å². The van der Waals surface area contributed by atoms with Gasteiger partial charge in [0.2, 0.25) is 5.91 Å². The van der Waals surface area contributed by atoms with Crippen molar-refractivity contribution in [3.63, 3.8) is 0 Å². The molecule has 0 radical (unpaired) electrons. The Morgan fingerprint density at radius 2 is 2.06 bits per heavy atom. The van der Waals surface area contributed by atoms with Gasteiger partial charge in [-0.2, -0.15) is 13.2 Å². The van der Waals surface area contributed by atoms with Crippen LogP contribution in [0.4, 0.5) is 13.2 Å². The highest BCUT2D eigenvalue weighted by molar-refractivity contribution is 5.82. The highest BCUT2D eigenvalue weighted by Gasteiger charge is 2.40. The number of nitrogens with one attached hydrogen (secondary N) is 1. The number of piperidine rings is 1. The largest absolute Gasteiger partial charge is 0.406 e. The monoisotopic (exact) mass is 252 g/mol. The van der Waals surface area contributed by atoms with Crippen molar-refractivity contribution in [2.24, 2.45) is 5.41 Å². The fourth-order valence-corrected chi connectivity index (χ4v) is 2.20. The molecule has 0 aliphatic carbocycles. The molecule has 1 fully saturated rings. The lowest BCUT2D eigenvalue weighted by molar-refractivity contribution is -0.162. The maximum Gasteiger partial charge on any atom is 0.406 e. The van der Waals surface area contributed by atoms with Crippen LogP contribution in [0.2, 0.25) is 0 Å². The minimum Gasteiger partial charge on any atom is -0.335 e. The van der Waals surface area contributed by atoms with Crippen LogP contribution >= 0.6 is 0 Å². The lowest BCUT2D eigenvalue weighted by Gasteiger charge is -2.40. The summed E-state index contributed by atoms with van der Waals surface area (Å²) in [6.07, 6.45) is -2.56. The van der Waals surface area contributed by atoms with Gasteiger partial charge in [-0.1, -0.05) is 13.8 Å². The fourth-order valence-electron chi connectivity index (χ4n) is 2.20. The lowest BCUT2D eigenvalue weighted by Crippen LogP contribution is -2.56. The average molecular weight is 252 g/mol. The molecule has 3 nitrogen and oxygen atoms in total. The normalized spacial score (nSPS) is 24.5. The molecular weight excluding hydrogens is 233 g/mol. The summed E-state index contributed by atoms with van der Waals surface area (Å²) in [7, 11) is 1.20. The summed E-state index contributed by atoms with van der Waals surface area (Å²) in [5, 5.41) is 3.02. The number of amides is 1. The van der Waals surface area contributed by atoms with Crippen LogP contribution in [0.3, 0.4) is 0 Å². The van der Waals surface area contributed by atoms with Crippen molar-refractivity contribution in [3.05, 3.63) is 0 Å². The van der Waals surface area contributed by atoms with Gasteiger partial charge in [-0.3, -0.25) is 4.79 Å². The van der Waals surface area contributed by atoms with Crippen molar-refractivity contribution in [1.29, 1.82) is 0 Å². The zero-order valence-corrected chi connectivity index (χ0v) is 10.4. The SMILES string of the molecule is CN(CC(F)(F)F)C(=O)C1NCCCC1(C)C. The molecule has 1 rings (SSSR count). The van der Waals surface area contributed by atoms with Gasteiger partial charge in [0.1, 0.15) is 6.54 Å². The Kier molecular flexibility index (Phi) is 4.06. The summed E-state index contributed by atoms with van der Waals surface area (Å²) in [5.41, 5.74) is -0.296. The first-order valence-electron chi connectivity index (χ1n) is 5.68.